The third kappa shape index (κ3) is 4.53. The van der Waals surface area contributed by atoms with E-state index in [9.17, 15) is 18.0 Å². The summed E-state index contributed by atoms with van der Waals surface area (Å²) in [5, 5.41) is 2.67. The smallest absolute Gasteiger partial charge is 0.225 e. The monoisotopic (exact) mass is 324 g/mol. The maximum absolute atomic E-state index is 13.2. The van der Waals surface area contributed by atoms with Crippen LogP contribution in [-0.4, -0.2) is 24.6 Å². The van der Waals surface area contributed by atoms with Gasteiger partial charge in [0.1, 0.15) is 0 Å². The number of rotatable bonds is 6. The molecule has 0 fully saturated rings. The number of benzene rings is 1. The number of halogens is 3. The van der Waals surface area contributed by atoms with Crippen molar-refractivity contribution in [2.24, 2.45) is 0 Å². The molecule has 4 nitrogen and oxygen atoms in total. The Morgan fingerprint density at radius 3 is 2.52 bits per heavy atom. The molecule has 1 N–H and O–H groups in total. The summed E-state index contributed by atoms with van der Waals surface area (Å²) in [5.74, 6) is -4.69. The van der Waals surface area contributed by atoms with Gasteiger partial charge in [0.2, 0.25) is 5.91 Å². The normalized spacial score (nSPS) is 12.0. The summed E-state index contributed by atoms with van der Waals surface area (Å²) in [6.45, 7) is 0.189. The van der Waals surface area contributed by atoms with Crippen LogP contribution in [0.5, 0.6) is 0 Å². The summed E-state index contributed by atoms with van der Waals surface area (Å²) in [6, 6.07) is 6.32. The fourth-order valence-electron chi connectivity index (χ4n) is 2.09. The summed E-state index contributed by atoms with van der Waals surface area (Å²) in [6.07, 6.45) is 1.29. The Kier molecular flexibility index (Phi) is 5.70. The number of hydrogen-bond donors (Lipinski definition) is 1. The van der Waals surface area contributed by atoms with Crippen molar-refractivity contribution in [1.82, 2.24) is 10.3 Å². The molecule has 1 amide bonds. The summed E-state index contributed by atoms with van der Waals surface area (Å²) in [7, 11) is 1.48. The first-order valence-corrected chi connectivity index (χ1v) is 6.84. The average Bonchev–Trinajstić information content (AvgIpc) is 2.53. The Bertz CT molecular complexity index is 657. The zero-order valence-corrected chi connectivity index (χ0v) is 12.4. The highest BCUT2D eigenvalue weighted by Gasteiger charge is 2.17. The van der Waals surface area contributed by atoms with Crippen LogP contribution < -0.4 is 5.32 Å². The van der Waals surface area contributed by atoms with Gasteiger partial charge in [-0.25, -0.2) is 13.2 Å². The summed E-state index contributed by atoms with van der Waals surface area (Å²) < 4.78 is 44.3. The summed E-state index contributed by atoms with van der Waals surface area (Å²) >= 11 is 0. The lowest BCUT2D eigenvalue weighted by Crippen LogP contribution is -2.33. The number of methoxy groups -OCH3 is 1. The number of carbonyl (C=O) groups excluding carboxylic acids is 1. The number of nitrogens with one attached hydrogen (secondary N) is 1. The quantitative estimate of drug-likeness (QED) is 0.831. The van der Waals surface area contributed by atoms with Crippen LogP contribution in [0.15, 0.2) is 36.5 Å². The van der Waals surface area contributed by atoms with Crippen molar-refractivity contribution in [3.05, 3.63) is 65.2 Å². The SMILES string of the molecule is COCC(NC(=O)Cc1cc(F)c(F)c(F)c1)c1ccccn1. The second-order valence-electron chi connectivity index (χ2n) is 4.88. The van der Waals surface area contributed by atoms with Crippen molar-refractivity contribution < 1.29 is 22.7 Å². The first kappa shape index (κ1) is 17.0. The molecule has 1 unspecified atom stereocenters. The maximum Gasteiger partial charge on any atom is 0.225 e. The number of hydrogen-bond acceptors (Lipinski definition) is 3. The lowest BCUT2D eigenvalue weighted by molar-refractivity contribution is -0.121. The van der Waals surface area contributed by atoms with Crippen LogP contribution in [0.4, 0.5) is 13.2 Å². The van der Waals surface area contributed by atoms with E-state index >= 15 is 0 Å². The molecule has 2 aromatic rings. The molecular weight excluding hydrogens is 309 g/mol. The van der Waals surface area contributed by atoms with Crippen molar-refractivity contribution in [3.8, 4) is 0 Å². The molecule has 7 heteroatoms. The van der Waals surface area contributed by atoms with E-state index in [4.69, 9.17) is 4.74 Å². The van der Waals surface area contributed by atoms with Crippen LogP contribution in [0.1, 0.15) is 17.3 Å². The highest BCUT2D eigenvalue weighted by atomic mass is 19.2. The third-order valence-electron chi connectivity index (χ3n) is 3.12. The first-order valence-electron chi connectivity index (χ1n) is 6.84. The van der Waals surface area contributed by atoms with Crippen LogP contribution in [0.3, 0.4) is 0 Å². The van der Waals surface area contributed by atoms with Crippen molar-refractivity contribution in [2.75, 3.05) is 13.7 Å². The van der Waals surface area contributed by atoms with E-state index in [0.29, 0.717) is 5.69 Å². The topological polar surface area (TPSA) is 51.2 Å². The number of ether oxygens (including phenoxy) is 1. The number of carbonyl (C=O) groups is 1. The minimum atomic E-state index is -1.56. The van der Waals surface area contributed by atoms with Crippen LogP contribution in [0.2, 0.25) is 0 Å². The van der Waals surface area contributed by atoms with Crippen molar-refractivity contribution >= 4 is 5.91 Å². The van der Waals surface area contributed by atoms with Crippen LogP contribution in [0.25, 0.3) is 0 Å². The molecule has 2 rings (SSSR count). The van der Waals surface area contributed by atoms with Crippen LogP contribution >= 0.6 is 0 Å². The van der Waals surface area contributed by atoms with E-state index in [2.05, 4.69) is 10.3 Å². The van der Waals surface area contributed by atoms with E-state index in [1.165, 1.54) is 7.11 Å². The molecule has 23 heavy (non-hydrogen) atoms. The predicted octanol–water partition coefficient (Wildman–Crippen LogP) is 2.55. The first-order chi connectivity index (χ1) is 11.0. The molecule has 1 aromatic heterocycles. The lowest BCUT2D eigenvalue weighted by Gasteiger charge is -2.17. The van der Waals surface area contributed by atoms with Gasteiger partial charge in [-0.05, 0) is 29.8 Å². The fraction of sp³-hybridized carbons (Fsp3) is 0.250. The second kappa shape index (κ2) is 7.73. The van der Waals surface area contributed by atoms with E-state index in [1.54, 1.807) is 24.4 Å². The maximum atomic E-state index is 13.2. The minimum Gasteiger partial charge on any atom is -0.382 e. The Balaban J connectivity index is 2.08. The molecule has 0 bridgehead atoms. The molecule has 0 aliphatic rings. The molecular formula is C16H15F3N2O2. The molecule has 0 aliphatic heterocycles. The third-order valence-corrected chi connectivity index (χ3v) is 3.12. The molecule has 122 valence electrons. The largest absolute Gasteiger partial charge is 0.382 e. The second-order valence-corrected chi connectivity index (χ2v) is 4.88. The summed E-state index contributed by atoms with van der Waals surface area (Å²) in [5.41, 5.74) is 0.634. The zero-order valence-electron chi connectivity index (χ0n) is 12.4. The standard InChI is InChI=1S/C16H15F3N2O2/c1-23-9-14(13-4-2-3-5-20-13)21-15(22)8-10-6-11(17)16(19)12(18)7-10/h2-7,14H,8-9H2,1H3,(H,21,22). The number of nitrogens with zero attached hydrogens (tertiary/aromatic N) is 1. The van der Waals surface area contributed by atoms with Crippen molar-refractivity contribution in [3.63, 3.8) is 0 Å². The minimum absolute atomic E-state index is 0.0380. The molecule has 0 saturated carbocycles. The number of amides is 1. The van der Waals surface area contributed by atoms with E-state index < -0.39 is 29.4 Å². The Morgan fingerprint density at radius 2 is 1.96 bits per heavy atom. The Hall–Kier alpha value is -2.41. The average molecular weight is 324 g/mol. The number of pyridine rings is 1. The Morgan fingerprint density at radius 1 is 1.26 bits per heavy atom. The van der Waals surface area contributed by atoms with Gasteiger partial charge in [-0.2, -0.15) is 0 Å². The van der Waals surface area contributed by atoms with Gasteiger partial charge in [-0.1, -0.05) is 6.07 Å². The fourth-order valence-corrected chi connectivity index (χ4v) is 2.09. The molecule has 0 saturated heterocycles. The van der Waals surface area contributed by atoms with E-state index in [1.807, 2.05) is 0 Å². The van der Waals surface area contributed by atoms with Crippen LogP contribution in [-0.2, 0) is 16.0 Å². The molecule has 0 radical (unpaired) electrons. The summed E-state index contributed by atoms with van der Waals surface area (Å²) in [4.78, 5) is 16.2. The Labute approximate surface area is 131 Å². The predicted molar refractivity (Wildman–Crippen MR) is 77.0 cm³/mol. The van der Waals surface area contributed by atoms with Gasteiger partial charge in [-0.3, -0.25) is 9.78 Å². The zero-order chi connectivity index (χ0) is 16.8. The van der Waals surface area contributed by atoms with Crippen molar-refractivity contribution in [1.29, 1.82) is 0 Å². The van der Waals surface area contributed by atoms with E-state index in [-0.39, 0.29) is 18.6 Å². The van der Waals surface area contributed by atoms with Gasteiger partial charge in [0.25, 0.3) is 0 Å². The highest BCUT2D eigenvalue weighted by Crippen LogP contribution is 2.15. The van der Waals surface area contributed by atoms with Gasteiger partial charge in [0.05, 0.1) is 24.8 Å². The molecule has 1 atom stereocenters. The molecule has 0 spiro atoms. The van der Waals surface area contributed by atoms with Gasteiger partial charge < -0.3 is 10.1 Å². The van der Waals surface area contributed by atoms with Gasteiger partial charge in [-0.15, -0.1) is 0 Å². The molecule has 0 aliphatic carbocycles. The molecule has 1 aromatic carbocycles. The van der Waals surface area contributed by atoms with Crippen LogP contribution in [0, 0.1) is 17.5 Å². The van der Waals surface area contributed by atoms with Gasteiger partial charge >= 0.3 is 0 Å². The van der Waals surface area contributed by atoms with E-state index in [0.717, 1.165) is 12.1 Å². The highest BCUT2D eigenvalue weighted by molar-refractivity contribution is 5.79. The number of aromatic nitrogens is 1. The van der Waals surface area contributed by atoms with Crippen molar-refractivity contribution in [2.45, 2.75) is 12.5 Å². The van der Waals surface area contributed by atoms with Gasteiger partial charge in [0, 0.05) is 13.3 Å². The van der Waals surface area contributed by atoms with Gasteiger partial charge in [0.15, 0.2) is 17.5 Å². The lowest BCUT2D eigenvalue weighted by atomic mass is 10.1. The molecule has 1 heterocycles.